The van der Waals surface area contributed by atoms with Crippen LogP contribution in [0.2, 0.25) is 0 Å². The topological polar surface area (TPSA) is 65.1 Å². The molecule has 9 heteroatoms. The molecule has 7 nitrogen and oxygen atoms in total. The van der Waals surface area contributed by atoms with Crippen LogP contribution >= 0.6 is 23.6 Å². The van der Waals surface area contributed by atoms with Crippen LogP contribution in [-0.2, 0) is 16.1 Å². The molecule has 1 aromatic rings. The van der Waals surface area contributed by atoms with Crippen molar-refractivity contribution in [1.82, 2.24) is 20.0 Å². The Hall–Kier alpha value is -1.87. The Morgan fingerprint density at radius 2 is 1.90 bits per heavy atom. The van der Waals surface area contributed by atoms with E-state index in [1.165, 1.54) is 24.1 Å². The molecule has 0 bridgehead atoms. The number of carbonyl (C=O) groups is 2. The molecule has 2 heterocycles. The molecular formula is C21H32N4O3S2. The van der Waals surface area contributed by atoms with Crippen LogP contribution in [0.4, 0.5) is 4.79 Å². The normalized spacial score (nSPS) is 17.5. The summed E-state index contributed by atoms with van der Waals surface area (Å²) in [7, 11) is 0. The van der Waals surface area contributed by atoms with Gasteiger partial charge in [0.25, 0.3) is 0 Å². The van der Waals surface area contributed by atoms with E-state index in [9.17, 15) is 9.59 Å². The van der Waals surface area contributed by atoms with E-state index in [4.69, 9.17) is 17.0 Å². The van der Waals surface area contributed by atoms with E-state index in [0.717, 1.165) is 19.4 Å². The molecular weight excluding hydrogens is 420 g/mol. The maximum Gasteiger partial charge on any atom is 0.409 e. The highest BCUT2D eigenvalue weighted by Gasteiger charge is 2.27. The first kappa shape index (κ1) is 22.8. The van der Waals surface area contributed by atoms with E-state index in [-0.39, 0.29) is 18.5 Å². The second-order valence-corrected chi connectivity index (χ2v) is 9.14. The summed E-state index contributed by atoms with van der Waals surface area (Å²) >= 11 is 7.45. The van der Waals surface area contributed by atoms with Crippen LogP contribution in [-0.4, -0.2) is 77.2 Å². The molecule has 1 aromatic heterocycles. The van der Waals surface area contributed by atoms with E-state index in [0.29, 0.717) is 43.9 Å². The SMILES string of the molecule is CCOC(=O)N1CCN(C(=O)CNC(=S)N(Cc2cccs2)C2CCCCC2)CC1. The Bertz CT molecular complexity index is 699. The molecule has 1 aliphatic heterocycles. The van der Waals surface area contributed by atoms with E-state index in [1.807, 2.05) is 0 Å². The quantitative estimate of drug-likeness (QED) is 0.670. The van der Waals surface area contributed by atoms with Crippen molar-refractivity contribution in [3.8, 4) is 0 Å². The van der Waals surface area contributed by atoms with Crippen molar-refractivity contribution in [2.75, 3.05) is 39.3 Å². The van der Waals surface area contributed by atoms with Crippen molar-refractivity contribution in [2.24, 2.45) is 0 Å². The lowest BCUT2D eigenvalue weighted by Gasteiger charge is -2.37. The second kappa shape index (κ2) is 11.5. The molecule has 166 valence electrons. The van der Waals surface area contributed by atoms with E-state index < -0.39 is 0 Å². The van der Waals surface area contributed by atoms with Gasteiger partial charge < -0.3 is 24.8 Å². The van der Waals surface area contributed by atoms with Gasteiger partial charge in [-0.2, -0.15) is 0 Å². The molecule has 2 aliphatic rings. The number of hydrogen-bond donors (Lipinski definition) is 1. The first-order chi connectivity index (χ1) is 14.6. The fourth-order valence-electron chi connectivity index (χ4n) is 4.05. The number of amides is 2. The number of rotatable bonds is 6. The van der Waals surface area contributed by atoms with Crippen molar-refractivity contribution in [1.29, 1.82) is 0 Å². The molecule has 2 amide bonds. The summed E-state index contributed by atoms with van der Waals surface area (Å²) in [4.78, 5) is 31.5. The Morgan fingerprint density at radius 3 is 2.53 bits per heavy atom. The van der Waals surface area contributed by atoms with Gasteiger partial charge in [0.05, 0.1) is 19.7 Å². The van der Waals surface area contributed by atoms with Gasteiger partial charge in [0.2, 0.25) is 5.91 Å². The molecule has 0 atom stereocenters. The zero-order valence-electron chi connectivity index (χ0n) is 17.7. The van der Waals surface area contributed by atoms with Crippen molar-refractivity contribution < 1.29 is 14.3 Å². The Balaban J connectivity index is 1.49. The first-order valence-corrected chi connectivity index (χ1v) is 12.1. The lowest BCUT2D eigenvalue weighted by molar-refractivity contribution is -0.131. The summed E-state index contributed by atoms with van der Waals surface area (Å²) in [5, 5.41) is 5.96. The summed E-state index contributed by atoms with van der Waals surface area (Å²) in [5.41, 5.74) is 0. The molecule has 0 spiro atoms. The van der Waals surface area contributed by atoms with Gasteiger partial charge in [-0.25, -0.2) is 4.79 Å². The van der Waals surface area contributed by atoms with Gasteiger partial charge >= 0.3 is 6.09 Å². The Kier molecular flexibility index (Phi) is 8.74. The number of thiocarbonyl (C=S) groups is 1. The van der Waals surface area contributed by atoms with Crippen LogP contribution in [0, 0.1) is 0 Å². The van der Waals surface area contributed by atoms with Gasteiger partial charge in [-0.15, -0.1) is 11.3 Å². The number of ether oxygens (including phenoxy) is 1. The third kappa shape index (κ3) is 6.31. The number of piperazine rings is 1. The average Bonchev–Trinajstić information content (AvgIpc) is 3.30. The summed E-state index contributed by atoms with van der Waals surface area (Å²) in [6.45, 7) is 5.18. The standard InChI is InChI=1S/C21H32N4O3S2/c1-2-28-21(27)24-12-10-23(11-13-24)19(26)15-22-20(29)25(16-18-9-6-14-30-18)17-7-4-3-5-8-17/h6,9,14,17H,2-5,7-8,10-13,15-16H2,1H3,(H,22,29). The van der Waals surface area contributed by atoms with Crippen molar-refractivity contribution in [2.45, 2.75) is 51.6 Å². The number of nitrogens with zero attached hydrogens (tertiary/aromatic N) is 3. The van der Waals surface area contributed by atoms with Crippen molar-refractivity contribution in [3.05, 3.63) is 22.4 Å². The number of nitrogens with one attached hydrogen (secondary N) is 1. The molecule has 1 aliphatic carbocycles. The van der Waals surface area contributed by atoms with Crippen LogP contribution in [0.1, 0.15) is 43.9 Å². The molecule has 30 heavy (non-hydrogen) atoms. The van der Waals surface area contributed by atoms with Gasteiger partial charge in [-0.05, 0) is 43.4 Å². The molecule has 0 radical (unpaired) electrons. The molecule has 1 saturated heterocycles. The van der Waals surface area contributed by atoms with Crippen LogP contribution in [0.25, 0.3) is 0 Å². The fourth-order valence-corrected chi connectivity index (χ4v) is 5.04. The summed E-state index contributed by atoms with van der Waals surface area (Å²) in [6.07, 6.45) is 5.75. The molecule has 3 rings (SSSR count). The molecule has 1 N–H and O–H groups in total. The van der Waals surface area contributed by atoms with E-state index in [1.54, 1.807) is 28.1 Å². The maximum atomic E-state index is 12.7. The Morgan fingerprint density at radius 1 is 1.20 bits per heavy atom. The molecule has 2 fully saturated rings. The summed E-state index contributed by atoms with van der Waals surface area (Å²) in [6, 6.07) is 4.64. The third-order valence-corrected chi connectivity index (χ3v) is 6.97. The van der Waals surface area contributed by atoms with Gasteiger partial charge in [-0.1, -0.05) is 25.3 Å². The lowest BCUT2D eigenvalue weighted by atomic mass is 9.94. The van der Waals surface area contributed by atoms with Gasteiger partial charge in [-0.3, -0.25) is 4.79 Å². The van der Waals surface area contributed by atoms with Gasteiger partial charge in [0.15, 0.2) is 5.11 Å². The highest BCUT2D eigenvalue weighted by Crippen LogP contribution is 2.25. The smallest absolute Gasteiger partial charge is 0.409 e. The predicted molar refractivity (Wildman–Crippen MR) is 123 cm³/mol. The lowest BCUT2D eigenvalue weighted by Crippen LogP contribution is -2.54. The van der Waals surface area contributed by atoms with Crippen molar-refractivity contribution >= 4 is 40.7 Å². The fraction of sp³-hybridized carbons (Fsp3) is 0.667. The predicted octanol–water partition coefficient (Wildman–Crippen LogP) is 3.06. The minimum absolute atomic E-state index is 0.0144. The highest BCUT2D eigenvalue weighted by atomic mass is 32.1. The summed E-state index contributed by atoms with van der Waals surface area (Å²) in [5.74, 6) is 0.0144. The monoisotopic (exact) mass is 452 g/mol. The third-order valence-electron chi connectivity index (χ3n) is 5.73. The summed E-state index contributed by atoms with van der Waals surface area (Å²) < 4.78 is 5.03. The zero-order valence-corrected chi connectivity index (χ0v) is 19.3. The second-order valence-electron chi connectivity index (χ2n) is 7.72. The van der Waals surface area contributed by atoms with Crippen LogP contribution in [0.5, 0.6) is 0 Å². The molecule has 0 aromatic carbocycles. The zero-order chi connectivity index (χ0) is 21.3. The largest absolute Gasteiger partial charge is 0.450 e. The molecule has 0 unspecified atom stereocenters. The minimum Gasteiger partial charge on any atom is -0.450 e. The molecule has 1 saturated carbocycles. The van der Waals surface area contributed by atoms with Gasteiger partial charge in [0, 0.05) is 37.1 Å². The average molecular weight is 453 g/mol. The number of carbonyl (C=O) groups excluding carboxylic acids is 2. The first-order valence-electron chi connectivity index (χ1n) is 10.8. The number of thiophene rings is 1. The van der Waals surface area contributed by atoms with Gasteiger partial charge in [0.1, 0.15) is 0 Å². The number of hydrogen-bond acceptors (Lipinski definition) is 5. The van der Waals surface area contributed by atoms with E-state index >= 15 is 0 Å². The minimum atomic E-state index is -0.305. The van der Waals surface area contributed by atoms with Crippen LogP contribution < -0.4 is 5.32 Å². The maximum absolute atomic E-state index is 12.7. The Labute approximate surface area is 188 Å². The van der Waals surface area contributed by atoms with E-state index in [2.05, 4.69) is 27.7 Å². The highest BCUT2D eigenvalue weighted by molar-refractivity contribution is 7.80. The van der Waals surface area contributed by atoms with Crippen LogP contribution in [0.15, 0.2) is 17.5 Å². The van der Waals surface area contributed by atoms with Crippen molar-refractivity contribution in [3.63, 3.8) is 0 Å². The van der Waals surface area contributed by atoms with Crippen LogP contribution in [0.3, 0.4) is 0 Å².